The summed E-state index contributed by atoms with van der Waals surface area (Å²) in [4.78, 5) is 16.5. The molecule has 24 heavy (non-hydrogen) atoms. The first-order valence-corrected chi connectivity index (χ1v) is 10.9. The summed E-state index contributed by atoms with van der Waals surface area (Å²) in [6.45, 7) is 4.28. The fourth-order valence-electron chi connectivity index (χ4n) is 3.28. The minimum Gasteiger partial charge on any atom is -0.342 e. The Balaban J connectivity index is 1.51. The molecule has 0 spiro atoms. The highest BCUT2D eigenvalue weighted by Crippen LogP contribution is 2.22. The standard InChI is InChI=1S/C16H25N3O3S2/c20-15(18-7-3-1-2-4-8-18)14-17-9-11-19(12-10-17)24(21,22)16-6-5-13-23-16/h5-6,13H,1-4,7-12,14H2. The third kappa shape index (κ3) is 4.17. The molecule has 2 saturated heterocycles. The van der Waals surface area contributed by atoms with Gasteiger partial charge in [0.05, 0.1) is 6.54 Å². The van der Waals surface area contributed by atoms with Crippen LogP contribution in [0.3, 0.4) is 0 Å². The van der Waals surface area contributed by atoms with Gasteiger partial charge in [0.2, 0.25) is 5.91 Å². The second-order valence-electron chi connectivity index (χ2n) is 6.41. The summed E-state index contributed by atoms with van der Waals surface area (Å²) in [5, 5.41) is 1.78. The lowest BCUT2D eigenvalue weighted by molar-refractivity contribution is -0.132. The Morgan fingerprint density at radius 1 is 1.00 bits per heavy atom. The van der Waals surface area contributed by atoms with Gasteiger partial charge in [-0.25, -0.2) is 8.42 Å². The number of piperazine rings is 1. The lowest BCUT2D eigenvalue weighted by Gasteiger charge is -2.34. The van der Waals surface area contributed by atoms with Gasteiger partial charge >= 0.3 is 0 Å². The van der Waals surface area contributed by atoms with Gasteiger partial charge in [-0.1, -0.05) is 18.9 Å². The van der Waals surface area contributed by atoms with Gasteiger partial charge in [0.15, 0.2) is 0 Å². The van der Waals surface area contributed by atoms with E-state index < -0.39 is 10.0 Å². The first-order valence-electron chi connectivity index (χ1n) is 8.61. The van der Waals surface area contributed by atoms with Crippen molar-refractivity contribution < 1.29 is 13.2 Å². The average Bonchev–Trinajstić information content (AvgIpc) is 2.99. The van der Waals surface area contributed by atoms with E-state index in [0.29, 0.717) is 36.9 Å². The van der Waals surface area contributed by atoms with Crippen LogP contribution in [0.15, 0.2) is 21.7 Å². The molecule has 134 valence electrons. The zero-order valence-corrected chi connectivity index (χ0v) is 15.5. The Morgan fingerprint density at radius 3 is 2.25 bits per heavy atom. The number of rotatable bonds is 4. The Kier molecular flexibility index (Phi) is 5.91. The van der Waals surface area contributed by atoms with Crippen LogP contribution in [0.1, 0.15) is 25.7 Å². The van der Waals surface area contributed by atoms with Gasteiger partial charge in [0, 0.05) is 39.3 Å². The van der Waals surface area contributed by atoms with E-state index in [9.17, 15) is 13.2 Å². The second kappa shape index (κ2) is 7.95. The van der Waals surface area contributed by atoms with Crippen molar-refractivity contribution in [2.24, 2.45) is 0 Å². The molecule has 1 amide bonds. The number of sulfonamides is 1. The maximum atomic E-state index is 12.5. The quantitative estimate of drug-likeness (QED) is 0.804. The van der Waals surface area contributed by atoms with Crippen LogP contribution in [-0.2, 0) is 14.8 Å². The normalized spacial score (nSPS) is 21.6. The monoisotopic (exact) mass is 371 g/mol. The van der Waals surface area contributed by atoms with Crippen molar-refractivity contribution >= 4 is 27.3 Å². The lowest BCUT2D eigenvalue weighted by atomic mass is 10.2. The van der Waals surface area contributed by atoms with Gasteiger partial charge in [0.25, 0.3) is 10.0 Å². The molecule has 3 heterocycles. The fourth-order valence-corrected chi connectivity index (χ4v) is 5.84. The average molecular weight is 372 g/mol. The van der Waals surface area contributed by atoms with Crippen LogP contribution in [0, 0.1) is 0 Å². The van der Waals surface area contributed by atoms with Crippen molar-refractivity contribution in [1.29, 1.82) is 0 Å². The van der Waals surface area contributed by atoms with Crippen LogP contribution in [-0.4, -0.2) is 74.2 Å². The molecule has 1 aromatic rings. The first-order chi connectivity index (χ1) is 11.6. The molecular formula is C16H25N3O3S2. The van der Waals surface area contributed by atoms with Crippen LogP contribution >= 0.6 is 11.3 Å². The highest BCUT2D eigenvalue weighted by molar-refractivity contribution is 7.91. The molecule has 0 aromatic carbocycles. The summed E-state index contributed by atoms with van der Waals surface area (Å²) in [5.41, 5.74) is 0. The molecule has 0 bridgehead atoms. The molecule has 0 radical (unpaired) electrons. The van der Waals surface area contributed by atoms with Gasteiger partial charge in [-0.2, -0.15) is 4.31 Å². The summed E-state index contributed by atoms with van der Waals surface area (Å²) in [7, 11) is -3.37. The van der Waals surface area contributed by atoms with E-state index in [4.69, 9.17) is 0 Å². The van der Waals surface area contributed by atoms with Crippen LogP contribution < -0.4 is 0 Å². The molecule has 2 aliphatic rings. The first kappa shape index (κ1) is 17.8. The predicted molar refractivity (Wildman–Crippen MR) is 94.6 cm³/mol. The number of likely N-dealkylation sites (tertiary alicyclic amines) is 1. The smallest absolute Gasteiger partial charge is 0.252 e. The fraction of sp³-hybridized carbons (Fsp3) is 0.688. The number of thiophene rings is 1. The number of nitrogens with zero attached hydrogens (tertiary/aromatic N) is 3. The van der Waals surface area contributed by atoms with E-state index in [-0.39, 0.29) is 5.91 Å². The SMILES string of the molecule is O=C(CN1CCN(S(=O)(=O)c2cccs2)CC1)N1CCCCCC1. The molecule has 1 aromatic heterocycles. The third-order valence-corrected chi connectivity index (χ3v) is 8.01. The van der Waals surface area contributed by atoms with Crippen molar-refractivity contribution in [3.63, 3.8) is 0 Å². The Morgan fingerprint density at radius 2 is 1.67 bits per heavy atom. The van der Waals surface area contributed by atoms with E-state index in [1.165, 1.54) is 28.5 Å². The number of carbonyl (C=O) groups excluding carboxylic acids is 1. The third-order valence-electron chi connectivity index (χ3n) is 4.74. The van der Waals surface area contributed by atoms with E-state index in [1.54, 1.807) is 17.5 Å². The maximum absolute atomic E-state index is 12.5. The van der Waals surface area contributed by atoms with E-state index in [1.807, 2.05) is 4.90 Å². The molecule has 0 N–H and O–H groups in total. The molecule has 3 rings (SSSR count). The Labute approximate surface area is 148 Å². The van der Waals surface area contributed by atoms with Gasteiger partial charge in [-0.3, -0.25) is 9.69 Å². The Bertz CT molecular complexity index is 630. The van der Waals surface area contributed by atoms with Crippen molar-refractivity contribution in [3.8, 4) is 0 Å². The molecule has 0 atom stereocenters. The molecule has 0 unspecified atom stereocenters. The molecular weight excluding hydrogens is 346 g/mol. The number of hydrogen-bond acceptors (Lipinski definition) is 5. The number of carbonyl (C=O) groups is 1. The molecule has 0 saturated carbocycles. The minimum absolute atomic E-state index is 0.187. The minimum atomic E-state index is -3.37. The molecule has 2 fully saturated rings. The van der Waals surface area contributed by atoms with E-state index in [2.05, 4.69) is 4.90 Å². The van der Waals surface area contributed by atoms with Gasteiger partial charge in [-0.05, 0) is 24.3 Å². The maximum Gasteiger partial charge on any atom is 0.252 e. The zero-order chi connectivity index (χ0) is 17.0. The molecule has 6 nitrogen and oxygen atoms in total. The van der Waals surface area contributed by atoms with Crippen LogP contribution in [0.2, 0.25) is 0 Å². The van der Waals surface area contributed by atoms with Crippen molar-refractivity contribution in [2.45, 2.75) is 29.9 Å². The summed E-state index contributed by atoms with van der Waals surface area (Å²) in [6, 6.07) is 3.41. The van der Waals surface area contributed by atoms with Crippen molar-refractivity contribution in [1.82, 2.24) is 14.1 Å². The molecule has 0 aliphatic carbocycles. The highest BCUT2D eigenvalue weighted by Gasteiger charge is 2.30. The van der Waals surface area contributed by atoms with Gasteiger partial charge in [0.1, 0.15) is 4.21 Å². The second-order valence-corrected chi connectivity index (χ2v) is 9.52. The molecule has 8 heteroatoms. The highest BCUT2D eigenvalue weighted by atomic mass is 32.2. The predicted octanol–water partition coefficient (Wildman–Crippen LogP) is 1.46. The molecule has 2 aliphatic heterocycles. The number of amides is 1. The van der Waals surface area contributed by atoms with E-state index >= 15 is 0 Å². The number of hydrogen-bond donors (Lipinski definition) is 0. The zero-order valence-electron chi connectivity index (χ0n) is 13.9. The Hall–Kier alpha value is -0.960. The van der Waals surface area contributed by atoms with Crippen LogP contribution in [0.5, 0.6) is 0 Å². The summed E-state index contributed by atoms with van der Waals surface area (Å²) >= 11 is 1.25. The largest absolute Gasteiger partial charge is 0.342 e. The topological polar surface area (TPSA) is 60.9 Å². The lowest BCUT2D eigenvalue weighted by Crippen LogP contribution is -2.51. The van der Waals surface area contributed by atoms with Crippen LogP contribution in [0.4, 0.5) is 0 Å². The van der Waals surface area contributed by atoms with Gasteiger partial charge < -0.3 is 4.90 Å². The summed E-state index contributed by atoms with van der Waals surface area (Å²) < 4.78 is 26.9. The summed E-state index contributed by atoms with van der Waals surface area (Å²) in [5.74, 6) is 0.187. The van der Waals surface area contributed by atoms with Crippen molar-refractivity contribution in [2.75, 3.05) is 45.8 Å². The van der Waals surface area contributed by atoms with Gasteiger partial charge in [-0.15, -0.1) is 11.3 Å². The van der Waals surface area contributed by atoms with Crippen molar-refractivity contribution in [3.05, 3.63) is 17.5 Å². The summed E-state index contributed by atoms with van der Waals surface area (Å²) in [6.07, 6.45) is 4.61. The van der Waals surface area contributed by atoms with Crippen LogP contribution in [0.25, 0.3) is 0 Å². The van der Waals surface area contributed by atoms with E-state index in [0.717, 1.165) is 25.9 Å².